The second kappa shape index (κ2) is 7.90. The van der Waals surface area contributed by atoms with Crippen molar-refractivity contribution in [2.75, 3.05) is 12.4 Å². The molecular formula is C16H14Cl2N2O4. The number of anilines is 1. The number of carboxylic acid groups (broad SMARTS) is 1. The van der Waals surface area contributed by atoms with E-state index in [0.29, 0.717) is 11.3 Å². The molecule has 0 saturated heterocycles. The van der Waals surface area contributed by atoms with Gasteiger partial charge in [0.2, 0.25) is 0 Å². The van der Waals surface area contributed by atoms with E-state index in [1.807, 2.05) is 0 Å². The average molecular weight is 369 g/mol. The third-order valence-electron chi connectivity index (χ3n) is 3.15. The highest BCUT2D eigenvalue weighted by Crippen LogP contribution is 2.30. The molecular weight excluding hydrogens is 355 g/mol. The van der Waals surface area contributed by atoms with Gasteiger partial charge in [-0.1, -0.05) is 41.4 Å². The highest BCUT2D eigenvalue weighted by molar-refractivity contribution is 6.39. The monoisotopic (exact) mass is 368 g/mol. The van der Waals surface area contributed by atoms with E-state index in [2.05, 4.69) is 10.6 Å². The van der Waals surface area contributed by atoms with Crippen LogP contribution in [0.25, 0.3) is 0 Å². The Kier molecular flexibility index (Phi) is 5.89. The minimum atomic E-state index is -1.26. The second-order valence-electron chi connectivity index (χ2n) is 4.74. The molecule has 0 spiro atoms. The van der Waals surface area contributed by atoms with Crippen molar-refractivity contribution >= 4 is 40.9 Å². The van der Waals surface area contributed by atoms with E-state index < -0.39 is 18.0 Å². The number of hydrogen-bond acceptors (Lipinski definition) is 3. The number of carbonyl (C=O) groups is 2. The molecule has 0 heterocycles. The van der Waals surface area contributed by atoms with Crippen LogP contribution in [0.2, 0.25) is 10.0 Å². The van der Waals surface area contributed by atoms with Crippen molar-refractivity contribution in [3.8, 4) is 5.75 Å². The molecule has 3 N–H and O–H groups in total. The quantitative estimate of drug-likeness (QED) is 0.745. The van der Waals surface area contributed by atoms with Gasteiger partial charge in [-0.2, -0.15) is 0 Å². The molecule has 2 amide bonds. The van der Waals surface area contributed by atoms with Crippen LogP contribution in [-0.2, 0) is 4.79 Å². The Balaban J connectivity index is 2.18. The van der Waals surface area contributed by atoms with Gasteiger partial charge in [0.05, 0.1) is 22.8 Å². The zero-order valence-corrected chi connectivity index (χ0v) is 14.1. The summed E-state index contributed by atoms with van der Waals surface area (Å²) in [6.45, 7) is 0. The van der Waals surface area contributed by atoms with Crippen molar-refractivity contribution in [2.24, 2.45) is 0 Å². The first kappa shape index (κ1) is 17.9. The molecule has 2 aromatic rings. The van der Waals surface area contributed by atoms with Gasteiger partial charge in [-0.25, -0.2) is 9.59 Å². The highest BCUT2D eigenvalue weighted by Gasteiger charge is 2.23. The zero-order valence-electron chi connectivity index (χ0n) is 12.5. The molecule has 8 heteroatoms. The Hall–Kier alpha value is -2.44. The van der Waals surface area contributed by atoms with Crippen LogP contribution in [0.1, 0.15) is 11.6 Å². The molecule has 0 saturated carbocycles. The van der Waals surface area contributed by atoms with Crippen molar-refractivity contribution < 1.29 is 19.4 Å². The fourth-order valence-electron chi connectivity index (χ4n) is 2.01. The lowest BCUT2D eigenvalue weighted by atomic mass is 10.1. The van der Waals surface area contributed by atoms with Crippen LogP contribution in [0.15, 0.2) is 42.5 Å². The van der Waals surface area contributed by atoms with Crippen LogP contribution in [0.4, 0.5) is 10.5 Å². The summed E-state index contributed by atoms with van der Waals surface area (Å²) in [5.41, 5.74) is 0.565. The van der Waals surface area contributed by atoms with Crippen molar-refractivity contribution in [1.29, 1.82) is 0 Å². The average Bonchev–Trinajstić information content (AvgIpc) is 2.56. The smallest absolute Gasteiger partial charge is 0.330 e. The molecule has 0 bridgehead atoms. The minimum absolute atomic E-state index is 0.202. The van der Waals surface area contributed by atoms with Gasteiger partial charge in [-0.15, -0.1) is 0 Å². The van der Waals surface area contributed by atoms with E-state index in [1.165, 1.54) is 13.2 Å². The Bertz CT molecular complexity index is 747. The van der Waals surface area contributed by atoms with Crippen LogP contribution >= 0.6 is 23.2 Å². The number of nitrogens with one attached hydrogen (secondary N) is 2. The molecule has 0 aliphatic heterocycles. The highest BCUT2D eigenvalue weighted by atomic mass is 35.5. The summed E-state index contributed by atoms with van der Waals surface area (Å²) in [5, 5.41) is 14.7. The number of amides is 2. The minimum Gasteiger partial charge on any atom is -0.497 e. The van der Waals surface area contributed by atoms with Crippen molar-refractivity contribution in [3.63, 3.8) is 0 Å². The number of benzene rings is 2. The molecule has 0 aliphatic carbocycles. The number of carboxylic acids is 1. The maximum atomic E-state index is 12.1. The number of rotatable bonds is 5. The Morgan fingerprint density at radius 1 is 1.12 bits per heavy atom. The number of methoxy groups -OCH3 is 1. The first-order valence-corrected chi connectivity index (χ1v) is 7.56. The van der Waals surface area contributed by atoms with Gasteiger partial charge < -0.3 is 20.5 Å². The first-order valence-electron chi connectivity index (χ1n) is 6.80. The van der Waals surface area contributed by atoms with Crippen molar-refractivity contribution in [3.05, 3.63) is 58.1 Å². The molecule has 1 atom stereocenters. The molecule has 126 valence electrons. The van der Waals surface area contributed by atoms with Gasteiger partial charge in [0.15, 0.2) is 6.04 Å². The predicted molar refractivity (Wildman–Crippen MR) is 92.0 cm³/mol. The normalized spacial score (nSPS) is 11.5. The third kappa shape index (κ3) is 4.31. The van der Waals surface area contributed by atoms with Crippen LogP contribution in [-0.4, -0.2) is 24.2 Å². The van der Waals surface area contributed by atoms with E-state index in [4.69, 9.17) is 27.9 Å². The van der Waals surface area contributed by atoms with Gasteiger partial charge in [-0.3, -0.25) is 0 Å². The standard InChI is InChI=1S/C16H14Cl2N2O4/c1-24-10-5-2-4-9(8-10)13(15(21)22)19-16(23)20-14-11(17)6-3-7-12(14)18/h2-8,13H,1H3,(H,21,22)(H2,19,20,23). The Morgan fingerprint density at radius 3 is 2.33 bits per heavy atom. The fraction of sp³-hybridized carbons (Fsp3) is 0.125. The topological polar surface area (TPSA) is 87.7 Å². The zero-order chi connectivity index (χ0) is 17.7. The summed E-state index contributed by atoms with van der Waals surface area (Å²) in [5.74, 6) is -0.737. The number of para-hydroxylation sites is 1. The lowest BCUT2D eigenvalue weighted by Crippen LogP contribution is -2.36. The SMILES string of the molecule is COc1cccc(C(NC(=O)Nc2c(Cl)cccc2Cl)C(=O)O)c1. The number of hydrogen-bond donors (Lipinski definition) is 3. The molecule has 2 rings (SSSR count). The van der Waals surface area contributed by atoms with Gasteiger partial charge in [0, 0.05) is 0 Å². The summed E-state index contributed by atoms with van der Waals surface area (Å²) in [6.07, 6.45) is 0. The molecule has 0 aliphatic rings. The number of urea groups is 1. The Morgan fingerprint density at radius 2 is 1.75 bits per heavy atom. The van der Waals surface area contributed by atoms with Crippen molar-refractivity contribution in [1.82, 2.24) is 5.32 Å². The maximum Gasteiger partial charge on any atom is 0.330 e. The molecule has 0 fully saturated rings. The number of carbonyl (C=O) groups excluding carboxylic acids is 1. The number of aliphatic carboxylic acids is 1. The number of halogens is 2. The van der Waals surface area contributed by atoms with E-state index in [-0.39, 0.29) is 15.7 Å². The summed E-state index contributed by atoms with van der Waals surface area (Å²) in [7, 11) is 1.47. The largest absolute Gasteiger partial charge is 0.497 e. The van der Waals surface area contributed by atoms with Crippen LogP contribution in [0, 0.1) is 0 Å². The molecule has 1 unspecified atom stereocenters. The van der Waals surface area contributed by atoms with E-state index in [1.54, 1.807) is 36.4 Å². The molecule has 6 nitrogen and oxygen atoms in total. The maximum absolute atomic E-state index is 12.1. The Labute approximate surface area is 148 Å². The summed E-state index contributed by atoms with van der Waals surface area (Å²) in [4.78, 5) is 23.6. The molecule has 0 aromatic heterocycles. The summed E-state index contributed by atoms with van der Waals surface area (Å²) in [6, 6.07) is 9.14. The van der Waals surface area contributed by atoms with Gasteiger partial charge >= 0.3 is 12.0 Å². The molecule has 24 heavy (non-hydrogen) atoms. The van der Waals surface area contributed by atoms with E-state index in [0.717, 1.165) is 0 Å². The predicted octanol–water partition coefficient (Wildman–Crippen LogP) is 3.95. The fourth-order valence-corrected chi connectivity index (χ4v) is 2.50. The van der Waals surface area contributed by atoms with E-state index >= 15 is 0 Å². The molecule has 0 radical (unpaired) electrons. The lowest BCUT2D eigenvalue weighted by molar-refractivity contribution is -0.139. The summed E-state index contributed by atoms with van der Waals surface area (Å²) < 4.78 is 5.06. The number of ether oxygens (including phenoxy) is 1. The van der Waals surface area contributed by atoms with Gasteiger partial charge in [0.25, 0.3) is 0 Å². The van der Waals surface area contributed by atoms with E-state index in [9.17, 15) is 14.7 Å². The lowest BCUT2D eigenvalue weighted by Gasteiger charge is -2.17. The van der Waals surface area contributed by atoms with Crippen LogP contribution in [0.5, 0.6) is 5.75 Å². The third-order valence-corrected chi connectivity index (χ3v) is 3.78. The van der Waals surface area contributed by atoms with Gasteiger partial charge in [-0.05, 0) is 29.8 Å². The molecule has 2 aromatic carbocycles. The second-order valence-corrected chi connectivity index (χ2v) is 5.56. The van der Waals surface area contributed by atoms with Gasteiger partial charge in [0.1, 0.15) is 5.75 Å². The summed E-state index contributed by atoms with van der Waals surface area (Å²) >= 11 is 11.9. The van der Waals surface area contributed by atoms with Crippen LogP contribution < -0.4 is 15.4 Å². The van der Waals surface area contributed by atoms with Crippen LogP contribution in [0.3, 0.4) is 0 Å². The first-order chi connectivity index (χ1) is 11.4. The van der Waals surface area contributed by atoms with Crippen molar-refractivity contribution in [2.45, 2.75) is 6.04 Å².